The molecule has 7 heterocycles. The maximum absolute atomic E-state index is 14.3. The van der Waals surface area contributed by atoms with Gasteiger partial charge in [0, 0.05) is 110 Å². The number of anilines is 3. The number of amides is 5. The van der Waals surface area contributed by atoms with Gasteiger partial charge in [-0.3, -0.25) is 32.4 Å². The van der Waals surface area contributed by atoms with E-state index in [1.807, 2.05) is 17.0 Å². The van der Waals surface area contributed by atoms with Crippen molar-refractivity contribution in [3.63, 3.8) is 0 Å². The summed E-state index contributed by atoms with van der Waals surface area (Å²) < 4.78 is 75.9. The van der Waals surface area contributed by atoms with Crippen LogP contribution in [0.15, 0.2) is 116 Å². The summed E-state index contributed by atoms with van der Waals surface area (Å²) in [6.07, 6.45) is 12.5. The number of aliphatic hydroxyl groups excluding tert-OH is 1. The first-order valence-corrected chi connectivity index (χ1v) is 34.0. The predicted molar refractivity (Wildman–Crippen MR) is 378 cm³/mol. The molecule has 528 valence electrons. The van der Waals surface area contributed by atoms with Crippen molar-refractivity contribution in [3.8, 4) is 33.8 Å². The lowest BCUT2D eigenvalue weighted by molar-refractivity contribution is -0.127. The minimum absolute atomic E-state index is 0.128. The van der Waals surface area contributed by atoms with Gasteiger partial charge in [-0.15, -0.1) is 0 Å². The van der Waals surface area contributed by atoms with Gasteiger partial charge in [0.1, 0.15) is 5.82 Å². The Kier molecular flexibility index (Phi) is 19.2. The lowest BCUT2D eigenvalue weighted by atomic mass is 9.98. The molecule has 0 bridgehead atoms. The molecule has 11 N–H and O–H groups in total. The molecular weight excluding hydrogens is 1360 g/mol. The Bertz CT molecular complexity index is 5410. The monoisotopic (exact) mass is 1420 g/mol. The third kappa shape index (κ3) is 14.4. The van der Waals surface area contributed by atoms with E-state index < -0.39 is 47.0 Å². The van der Waals surface area contributed by atoms with Crippen molar-refractivity contribution in [2.75, 3.05) is 61.8 Å². The summed E-state index contributed by atoms with van der Waals surface area (Å²) in [5.74, 6) is -3.51. The fourth-order valence-electron chi connectivity index (χ4n) is 12.9. The van der Waals surface area contributed by atoms with E-state index in [2.05, 4.69) is 56.5 Å². The van der Waals surface area contributed by atoms with Gasteiger partial charge < -0.3 is 53.2 Å². The Morgan fingerprint density at radius 2 is 1.01 bits per heavy atom. The molecule has 4 fully saturated rings. The molecule has 103 heavy (non-hydrogen) atoms. The molecule has 3 saturated carbocycles. The summed E-state index contributed by atoms with van der Waals surface area (Å²) in [4.78, 5) is 87.7. The van der Waals surface area contributed by atoms with E-state index in [1.165, 1.54) is 12.1 Å². The molecule has 0 spiro atoms. The number of hydrogen-bond donors (Lipinski definition) is 9. The van der Waals surface area contributed by atoms with Crippen molar-refractivity contribution in [1.29, 1.82) is 0 Å². The lowest BCUT2D eigenvalue weighted by Gasteiger charge is -2.16. The molecule has 0 radical (unpaired) electrons. The minimum atomic E-state index is -1.08. The van der Waals surface area contributed by atoms with E-state index in [4.69, 9.17) is 28.2 Å². The van der Waals surface area contributed by atoms with Crippen LogP contribution in [0.5, 0.6) is 0 Å². The second-order valence-corrected chi connectivity index (χ2v) is 26.1. The first kappa shape index (κ1) is 68.5. The van der Waals surface area contributed by atoms with E-state index >= 15 is 0 Å². The van der Waals surface area contributed by atoms with Crippen LogP contribution < -0.4 is 38.1 Å². The van der Waals surface area contributed by atoms with Crippen LogP contribution in [0.3, 0.4) is 0 Å². The number of nitrogens with two attached hydrogens (primary N) is 2. The number of primary amides is 2. The van der Waals surface area contributed by atoms with Crippen LogP contribution in [0, 0.1) is 29.1 Å². The van der Waals surface area contributed by atoms with Crippen LogP contribution in [-0.4, -0.2) is 140 Å². The second-order valence-electron chi connectivity index (χ2n) is 25.7. The highest BCUT2D eigenvalue weighted by Gasteiger charge is 2.31. The highest BCUT2D eigenvalue weighted by molar-refractivity contribution is 6.34. The van der Waals surface area contributed by atoms with Crippen LogP contribution in [0.25, 0.3) is 83.8 Å². The minimum Gasteiger partial charge on any atom is -0.465 e. The van der Waals surface area contributed by atoms with Gasteiger partial charge in [0.05, 0.1) is 86.0 Å². The molecule has 24 nitrogen and oxygen atoms in total. The van der Waals surface area contributed by atoms with Gasteiger partial charge in [-0.05, 0) is 129 Å². The first-order chi connectivity index (χ1) is 49.8. The largest absolute Gasteiger partial charge is 0.465 e. The average Bonchev–Trinajstić information content (AvgIpc) is 1.56. The number of likely N-dealkylation sites (tertiary alicyclic amines) is 1. The number of carbonyl (C=O) groups excluding carboxylic acids is 4. The smallest absolute Gasteiger partial charge is 0.404 e. The van der Waals surface area contributed by atoms with Gasteiger partial charge in [-0.1, -0.05) is 29.8 Å². The number of benzene rings is 6. The number of hydrogen-bond acceptors (Lipinski definition) is 15. The summed E-state index contributed by atoms with van der Waals surface area (Å²) in [5.41, 5.74) is 22.2. The number of nitrogens with zero attached hydrogens (tertiary/aromatic N) is 10. The van der Waals surface area contributed by atoms with Crippen LogP contribution in [-0.2, 0) is 4.79 Å². The van der Waals surface area contributed by atoms with Gasteiger partial charge in [-0.25, -0.2) is 56.7 Å². The van der Waals surface area contributed by atoms with Crippen LogP contribution >= 0.6 is 11.6 Å². The third-order valence-corrected chi connectivity index (χ3v) is 18.7. The molecule has 0 unspecified atom stereocenters. The van der Waals surface area contributed by atoms with E-state index in [-0.39, 0.29) is 60.4 Å². The average molecular weight is 1420 g/mol. The van der Waals surface area contributed by atoms with Gasteiger partial charge in [-0.2, -0.15) is 0 Å². The predicted octanol–water partition coefficient (Wildman–Crippen LogP) is 11.7. The van der Waals surface area contributed by atoms with Crippen molar-refractivity contribution in [3.05, 3.63) is 178 Å². The fraction of sp³-hybridized carbons (Fsp3) is 0.274. The number of imidazole rings is 3. The zero-order valence-corrected chi connectivity index (χ0v) is 55.8. The van der Waals surface area contributed by atoms with E-state index in [0.717, 1.165) is 98.0 Å². The number of aromatic nitrogens is 9. The molecule has 6 aromatic heterocycles. The van der Waals surface area contributed by atoms with Crippen LogP contribution in [0.2, 0.25) is 5.02 Å². The van der Waals surface area contributed by atoms with Crippen molar-refractivity contribution < 1.29 is 56.1 Å². The summed E-state index contributed by atoms with van der Waals surface area (Å²) >= 11 is 6.47. The molecular formula is C73H67ClF5N17O7. The number of carboxylic acid groups (broad SMARTS) is 1. The van der Waals surface area contributed by atoms with Gasteiger partial charge in [0.15, 0.2) is 57.7 Å². The van der Waals surface area contributed by atoms with E-state index in [1.54, 1.807) is 80.3 Å². The Labute approximate surface area is 587 Å². The normalized spacial score (nSPS) is 14.3. The molecule has 12 aromatic rings. The number of fused-ring (bicyclic) bond motifs is 9. The van der Waals surface area contributed by atoms with Gasteiger partial charge in [0.2, 0.25) is 17.7 Å². The van der Waals surface area contributed by atoms with Crippen LogP contribution in [0.4, 0.5) is 44.2 Å². The molecule has 3 aliphatic carbocycles. The van der Waals surface area contributed by atoms with Gasteiger partial charge in [0.25, 0.3) is 5.91 Å². The Morgan fingerprint density at radius 3 is 1.47 bits per heavy atom. The molecule has 1 aliphatic heterocycles. The molecule has 6 aromatic carbocycles. The molecule has 30 heteroatoms. The zero-order valence-electron chi connectivity index (χ0n) is 55.1. The van der Waals surface area contributed by atoms with Crippen LogP contribution in [0.1, 0.15) is 118 Å². The highest BCUT2D eigenvalue weighted by atomic mass is 35.5. The van der Waals surface area contributed by atoms with Gasteiger partial charge >= 0.3 is 6.09 Å². The Balaban J connectivity index is 0.000000131. The number of nitrogens with one attached hydrogen (secondary N) is 5. The topological polar surface area (TPSA) is 332 Å². The summed E-state index contributed by atoms with van der Waals surface area (Å²) in [6.45, 7) is 2.79. The number of carbonyl (C=O) groups is 5. The SMILES string of the molecule is NC(=O)c1ccc(-c2cnc3c(NCCCN4CCCC4=O)nc4cc(F)c(F)cc4n23)cc1C1CC1.NC(=O)c1ccc(-c2cnc3c(NCCO)nc4cc(F)c(F)cc4n23)cc1C1CC1.O=C(O)NCCCNc1nc2ccc(F)cc2n2c(-c3ccc(C(=O)NC4CC4)c(Cl)c3)cnc12. The lowest BCUT2D eigenvalue weighted by Crippen LogP contribution is -2.27. The first-order valence-electron chi connectivity index (χ1n) is 33.6. The number of rotatable bonds is 22. The van der Waals surface area contributed by atoms with Crippen molar-refractivity contribution in [2.45, 2.75) is 82.1 Å². The van der Waals surface area contributed by atoms with Crippen molar-refractivity contribution >= 4 is 109 Å². The third-order valence-electron chi connectivity index (χ3n) is 18.4. The van der Waals surface area contributed by atoms with E-state index in [0.29, 0.717) is 140 Å². The standard InChI is InChI=1S/C27H26F2N6O2.C24H22ClFN6O3.C22H19F2N5O2/c28-19-12-21-22(13-20(19)29)35-23(16-6-7-17(25(30)37)18(11-16)15-4-5-15)14-32-27(35)26(33-21)31-8-2-10-34-9-1-3-24(34)36;25-17-10-13(2-6-16(17)23(33)30-15-4-5-15)20-12-29-22-21(27-8-1-9-28-24(34)35)31-18-7-3-14(26)11-19(18)32(20)22;23-15-8-17-18(9-16(15)24)29-19(10-27-22(29)21(28-17)26-5-6-30)12-3-4-13(20(25)31)14(7-12)11-1-2-11/h6-7,11-15H,1-5,8-10H2,(H2,30,37)(H,31,33);2-3,6-7,10-12,15,28H,1,4-5,8-9H2,(H,27,31)(H,30,33)(H,34,35);3-4,7-11,30H,1-2,5-6H2,(H2,25,31)(H,26,28). The molecule has 1 saturated heterocycles. The molecule has 0 atom stereocenters. The molecule has 5 amide bonds. The molecule has 16 rings (SSSR count). The summed E-state index contributed by atoms with van der Waals surface area (Å²) in [6, 6.07) is 24.8. The Morgan fingerprint density at radius 1 is 0.544 bits per heavy atom. The highest BCUT2D eigenvalue weighted by Crippen LogP contribution is 2.45. The number of halogens is 6. The second kappa shape index (κ2) is 28.8. The van der Waals surface area contributed by atoms with Crippen molar-refractivity contribution in [1.82, 2.24) is 58.6 Å². The maximum atomic E-state index is 14.3. The van der Waals surface area contributed by atoms with E-state index in [9.17, 15) is 51.0 Å². The summed E-state index contributed by atoms with van der Waals surface area (Å²) in [5, 5.41) is 32.9. The summed E-state index contributed by atoms with van der Waals surface area (Å²) in [7, 11) is 0. The zero-order chi connectivity index (χ0) is 71.9. The fourth-order valence-corrected chi connectivity index (χ4v) is 13.2. The molecule has 4 aliphatic rings. The number of aliphatic hydroxyl groups is 1. The van der Waals surface area contributed by atoms with Crippen molar-refractivity contribution in [2.24, 2.45) is 11.5 Å². The quantitative estimate of drug-likeness (QED) is 0.0225. The Hall–Kier alpha value is -11.6. The maximum Gasteiger partial charge on any atom is 0.404 e.